The number of hydrogen-bond donors (Lipinski definition) is 0. The first kappa shape index (κ1) is 11.7. The molecular formula is C10H13BrN4S. The Morgan fingerprint density at radius 1 is 1.56 bits per heavy atom. The number of rotatable bonds is 4. The summed E-state index contributed by atoms with van der Waals surface area (Å²) in [6, 6.07) is 0. The van der Waals surface area contributed by atoms with E-state index in [0.717, 1.165) is 24.4 Å². The van der Waals surface area contributed by atoms with Crippen LogP contribution in [0.1, 0.15) is 28.0 Å². The lowest BCUT2D eigenvalue weighted by Crippen LogP contribution is -2.01. The van der Waals surface area contributed by atoms with Gasteiger partial charge in [-0.1, -0.05) is 21.1 Å². The zero-order valence-electron chi connectivity index (χ0n) is 9.22. The largest absolute Gasteiger partial charge is 0.252 e. The van der Waals surface area contributed by atoms with Crippen LogP contribution >= 0.6 is 27.3 Å². The number of nitrogens with zero attached hydrogens (tertiary/aromatic N) is 4. The minimum absolute atomic E-state index is 0.256. The molecule has 4 nitrogen and oxygen atoms in total. The van der Waals surface area contributed by atoms with Crippen LogP contribution in [0.5, 0.6) is 0 Å². The molecule has 16 heavy (non-hydrogen) atoms. The number of alkyl halides is 1. The molecule has 0 aliphatic heterocycles. The minimum atomic E-state index is 0.256. The highest BCUT2D eigenvalue weighted by molar-refractivity contribution is 9.09. The Hall–Kier alpha value is -0.750. The lowest BCUT2D eigenvalue weighted by atomic mass is 10.3. The van der Waals surface area contributed by atoms with E-state index in [2.05, 4.69) is 31.2 Å². The van der Waals surface area contributed by atoms with E-state index in [1.54, 1.807) is 11.3 Å². The average molecular weight is 301 g/mol. The molecule has 2 heterocycles. The highest BCUT2D eigenvalue weighted by atomic mass is 79.9. The van der Waals surface area contributed by atoms with E-state index in [9.17, 15) is 0 Å². The van der Waals surface area contributed by atoms with Crippen molar-refractivity contribution in [3.05, 3.63) is 28.0 Å². The van der Waals surface area contributed by atoms with Gasteiger partial charge in [-0.25, -0.2) is 4.98 Å². The standard InChI is InChI=1S/C10H13BrN4S/c1-7(11)9-5-15(14-13-9)4-3-10-8(2)12-6-16-10/h5-7H,3-4H2,1-2H3. The topological polar surface area (TPSA) is 43.6 Å². The monoisotopic (exact) mass is 300 g/mol. The van der Waals surface area contributed by atoms with Gasteiger partial charge in [0, 0.05) is 24.0 Å². The predicted molar refractivity (Wildman–Crippen MR) is 67.9 cm³/mol. The number of thiazole rings is 1. The van der Waals surface area contributed by atoms with Crippen molar-refractivity contribution in [1.29, 1.82) is 0 Å². The Balaban J connectivity index is 1.97. The lowest BCUT2D eigenvalue weighted by Gasteiger charge is -1.99. The van der Waals surface area contributed by atoms with Gasteiger partial charge in [-0.3, -0.25) is 4.68 Å². The van der Waals surface area contributed by atoms with E-state index in [1.807, 2.05) is 30.2 Å². The number of aromatic nitrogens is 4. The van der Waals surface area contributed by atoms with Crippen LogP contribution in [0.2, 0.25) is 0 Å². The van der Waals surface area contributed by atoms with Gasteiger partial charge in [0.15, 0.2) is 0 Å². The van der Waals surface area contributed by atoms with Crippen LogP contribution in [0.15, 0.2) is 11.7 Å². The van der Waals surface area contributed by atoms with Crippen molar-refractivity contribution in [2.45, 2.75) is 31.6 Å². The van der Waals surface area contributed by atoms with Gasteiger partial charge in [-0.15, -0.1) is 16.4 Å². The Morgan fingerprint density at radius 2 is 2.38 bits per heavy atom. The third kappa shape index (κ3) is 2.68. The third-order valence-electron chi connectivity index (χ3n) is 2.38. The van der Waals surface area contributed by atoms with Crippen LogP contribution in [0.25, 0.3) is 0 Å². The van der Waals surface area contributed by atoms with E-state index in [-0.39, 0.29) is 4.83 Å². The fraction of sp³-hybridized carbons (Fsp3) is 0.500. The Kier molecular flexibility index (Phi) is 3.70. The summed E-state index contributed by atoms with van der Waals surface area (Å²) in [6.45, 7) is 4.94. The molecule has 0 aliphatic rings. The molecule has 2 rings (SSSR count). The van der Waals surface area contributed by atoms with Gasteiger partial charge in [0.05, 0.1) is 21.7 Å². The molecule has 0 spiro atoms. The molecule has 0 bridgehead atoms. The normalized spacial score (nSPS) is 12.9. The molecule has 86 valence electrons. The molecule has 0 amide bonds. The zero-order chi connectivity index (χ0) is 11.5. The molecule has 1 atom stereocenters. The second-order valence-corrected chi connectivity index (χ2v) is 5.95. The van der Waals surface area contributed by atoms with Crippen molar-refractivity contribution in [1.82, 2.24) is 20.0 Å². The highest BCUT2D eigenvalue weighted by Gasteiger charge is 2.07. The SMILES string of the molecule is Cc1ncsc1CCn1cc(C(C)Br)nn1. The first-order valence-corrected chi connectivity index (χ1v) is 6.89. The van der Waals surface area contributed by atoms with Gasteiger partial charge in [0.2, 0.25) is 0 Å². The molecule has 0 N–H and O–H groups in total. The summed E-state index contributed by atoms with van der Waals surface area (Å²) in [5.41, 5.74) is 3.98. The Morgan fingerprint density at radius 3 is 2.94 bits per heavy atom. The average Bonchev–Trinajstić information content (AvgIpc) is 2.83. The third-order valence-corrected chi connectivity index (χ3v) is 3.84. The summed E-state index contributed by atoms with van der Waals surface area (Å²) in [4.78, 5) is 5.81. The lowest BCUT2D eigenvalue weighted by molar-refractivity contribution is 0.591. The summed E-state index contributed by atoms with van der Waals surface area (Å²) in [6.07, 6.45) is 2.95. The summed E-state index contributed by atoms with van der Waals surface area (Å²) in [5, 5.41) is 8.18. The first-order chi connectivity index (χ1) is 7.66. The van der Waals surface area contributed by atoms with Crippen molar-refractivity contribution in [2.24, 2.45) is 0 Å². The molecule has 6 heteroatoms. The quantitative estimate of drug-likeness (QED) is 0.816. The molecular weight excluding hydrogens is 288 g/mol. The predicted octanol–water partition coefficient (Wildman–Crippen LogP) is 2.74. The van der Waals surface area contributed by atoms with E-state index in [4.69, 9.17) is 0 Å². The van der Waals surface area contributed by atoms with Crippen LogP contribution < -0.4 is 0 Å². The van der Waals surface area contributed by atoms with Crippen LogP contribution in [0.3, 0.4) is 0 Å². The Labute approximate surface area is 107 Å². The zero-order valence-corrected chi connectivity index (χ0v) is 11.6. The van der Waals surface area contributed by atoms with Gasteiger partial charge < -0.3 is 0 Å². The van der Waals surface area contributed by atoms with Crippen LogP contribution in [-0.2, 0) is 13.0 Å². The number of halogens is 1. The maximum Gasteiger partial charge on any atom is 0.0960 e. The summed E-state index contributed by atoms with van der Waals surface area (Å²) in [5.74, 6) is 0. The minimum Gasteiger partial charge on any atom is -0.252 e. The van der Waals surface area contributed by atoms with E-state index in [0.29, 0.717) is 0 Å². The first-order valence-electron chi connectivity index (χ1n) is 5.10. The fourth-order valence-corrected chi connectivity index (χ4v) is 2.37. The maximum atomic E-state index is 4.23. The van der Waals surface area contributed by atoms with Gasteiger partial charge in [-0.05, 0) is 13.8 Å². The Bertz CT molecular complexity index is 463. The van der Waals surface area contributed by atoms with Crippen LogP contribution in [-0.4, -0.2) is 20.0 Å². The molecule has 0 fully saturated rings. The van der Waals surface area contributed by atoms with Gasteiger partial charge in [-0.2, -0.15) is 0 Å². The van der Waals surface area contributed by atoms with E-state index < -0.39 is 0 Å². The van der Waals surface area contributed by atoms with Crippen molar-refractivity contribution >= 4 is 27.3 Å². The van der Waals surface area contributed by atoms with Gasteiger partial charge >= 0.3 is 0 Å². The number of aryl methyl sites for hydroxylation is 3. The summed E-state index contributed by atoms with van der Waals surface area (Å²) in [7, 11) is 0. The molecule has 0 saturated carbocycles. The number of hydrogen-bond acceptors (Lipinski definition) is 4. The van der Waals surface area contributed by atoms with Gasteiger partial charge in [0.25, 0.3) is 0 Å². The summed E-state index contributed by atoms with van der Waals surface area (Å²) < 4.78 is 1.88. The summed E-state index contributed by atoms with van der Waals surface area (Å²) >= 11 is 5.17. The van der Waals surface area contributed by atoms with Crippen molar-refractivity contribution in [3.8, 4) is 0 Å². The van der Waals surface area contributed by atoms with E-state index >= 15 is 0 Å². The molecule has 2 aromatic heterocycles. The second-order valence-electron chi connectivity index (χ2n) is 3.63. The highest BCUT2D eigenvalue weighted by Crippen LogP contribution is 2.18. The molecule has 0 aliphatic carbocycles. The van der Waals surface area contributed by atoms with Crippen LogP contribution in [0.4, 0.5) is 0 Å². The second kappa shape index (κ2) is 5.05. The molecule has 0 radical (unpaired) electrons. The molecule has 1 unspecified atom stereocenters. The smallest absolute Gasteiger partial charge is 0.0960 e. The molecule has 0 saturated heterocycles. The van der Waals surface area contributed by atoms with Crippen molar-refractivity contribution < 1.29 is 0 Å². The van der Waals surface area contributed by atoms with Crippen molar-refractivity contribution in [3.63, 3.8) is 0 Å². The van der Waals surface area contributed by atoms with E-state index in [1.165, 1.54) is 4.88 Å². The van der Waals surface area contributed by atoms with Crippen LogP contribution in [0, 0.1) is 6.92 Å². The molecule has 0 aromatic carbocycles. The van der Waals surface area contributed by atoms with Gasteiger partial charge in [0.1, 0.15) is 0 Å². The fourth-order valence-electron chi connectivity index (χ4n) is 1.39. The van der Waals surface area contributed by atoms with Crippen molar-refractivity contribution in [2.75, 3.05) is 0 Å². The molecule has 2 aromatic rings. The maximum absolute atomic E-state index is 4.23.